The predicted octanol–water partition coefficient (Wildman–Crippen LogP) is 1.52. The molecule has 1 heterocycles. The zero-order chi connectivity index (χ0) is 13.0. The summed E-state index contributed by atoms with van der Waals surface area (Å²) in [7, 11) is 1.90. The van der Waals surface area contributed by atoms with Crippen LogP contribution in [0.15, 0.2) is 28.8 Å². The summed E-state index contributed by atoms with van der Waals surface area (Å²) in [5.41, 5.74) is 1.03. The highest BCUT2D eigenvalue weighted by Gasteiger charge is 2.09. The molecule has 2 aromatic rings. The fourth-order valence-electron chi connectivity index (χ4n) is 1.61. The molecule has 0 aliphatic carbocycles. The van der Waals surface area contributed by atoms with Gasteiger partial charge in [0.1, 0.15) is 5.75 Å². The van der Waals surface area contributed by atoms with E-state index in [1.807, 2.05) is 19.2 Å². The molecule has 0 bridgehead atoms. The fraction of sp³-hybridized carbons (Fsp3) is 0.385. The van der Waals surface area contributed by atoms with Gasteiger partial charge in [-0.3, -0.25) is 0 Å². The molecule has 1 aromatic heterocycles. The SMILES string of the molecule is CNC(C)Cc1noc(Cc2ccc(O)cc2)n1. The average Bonchev–Trinajstić information content (AvgIpc) is 2.79. The molecule has 0 amide bonds. The molecule has 1 aromatic carbocycles. The second-order valence-corrected chi connectivity index (χ2v) is 4.34. The third-order valence-electron chi connectivity index (χ3n) is 2.78. The number of phenolic OH excluding ortho intramolecular Hbond substituents is 1. The molecule has 0 aliphatic rings. The number of aromatic hydroxyl groups is 1. The molecule has 0 saturated heterocycles. The van der Waals surface area contributed by atoms with E-state index < -0.39 is 0 Å². The van der Waals surface area contributed by atoms with E-state index in [-0.39, 0.29) is 5.75 Å². The minimum atomic E-state index is 0.257. The lowest BCUT2D eigenvalue weighted by Gasteiger charge is -2.04. The van der Waals surface area contributed by atoms with Crippen LogP contribution in [-0.2, 0) is 12.8 Å². The second kappa shape index (κ2) is 5.64. The Kier molecular flexibility index (Phi) is 3.94. The van der Waals surface area contributed by atoms with E-state index in [1.165, 1.54) is 0 Å². The lowest BCUT2D eigenvalue weighted by atomic mass is 10.1. The molecule has 2 N–H and O–H groups in total. The highest BCUT2D eigenvalue weighted by molar-refractivity contribution is 5.27. The van der Waals surface area contributed by atoms with Gasteiger partial charge < -0.3 is 14.9 Å². The maximum absolute atomic E-state index is 9.19. The minimum Gasteiger partial charge on any atom is -0.508 e. The summed E-state index contributed by atoms with van der Waals surface area (Å²) in [6.45, 7) is 2.07. The smallest absolute Gasteiger partial charge is 0.231 e. The molecule has 1 unspecified atom stereocenters. The van der Waals surface area contributed by atoms with Gasteiger partial charge in [-0.15, -0.1) is 0 Å². The third-order valence-corrected chi connectivity index (χ3v) is 2.78. The second-order valence-electron chi connectivity index (χ2n) is 4.34. The summed E-state index contributed by atoms with van der Waals surface area (Å²) in [5, 5.41) is 16.3. The Hall–Kier alpha value is -1.88. The number of rotatable bonds is 5. The maximum atomic E-state index is 9.19. The van der Waals surface area contributed by atoms with Crippen LogP contribution < -0.4 is 5.32 Å². The summed E-state index contributed by atoms with van der Waals surface area (Å²) < 4.78 is 5.19. The molecule has 0 aliphatic heterocycles. The Bertz CT molecular complexity index is 493. The molecule has 5 heteroatoms. The van der Waals surface area contributed by atoms with Crippen molar-refractivity contribution in [1.29, 1.82) is 0 Å². The molecular formula is C13H17N3O2. The lowest BCUT2D eigenvalue weighted by Crippen LogP contribution is -2.24. The van der Waals surface area contributed by atoms with E-state index in [0.717, 1.165) is 12.0 Å². The first kappa shape index (κ1) is 12.6. The van der Waals surface area contributed by atoms with Crippen molar-refractivity contribution in [2.45, 2.75) is 25.8 Å². The van der Waals surface area contributed by atoms with Gasteiger partial charge in [0, 0.05) is 12.5 Å². The van der Waals surface area contributed by atoms with Crippen LogP contribution in [0.1, 0.15) is 24.2 Å². The summed E-state index contributed by atoms with van der Waals surface area (Å²) in [5.74, 6) is 1.57. The number of nitrogens with zero attached hydrogens (tertiary/aromatic N) is 2. The molecule has 1 atom stereocenters. The largest absolute Gasteiger partial charge is 0.508 e. The molecule has 0 spiro atoms. The zero-order valence-corrected chi connectivity index (χ0v) is 10.6. The van der Waals surface area contributed by atoms with Crippen molar-refractivity contribution in [3.63, 3.8) is 0 Å². The van der Waals surface area contributed by atoms with E-state index >= 15 is 0 Å². The van der Waals surface area contributed by atoms with Crippen molar-refractivity contribution >= 4 is 0 Å². The molecule has 0 fully saturated rings. The van der Waals surface area contributed by atoms with Gasteiger partial charge in [0.2, 0.25) is 5.89 Å². The van der Waals surface area contributed by atoms with Gasteiger partial charge in [0.25, 0.3) is 0 Å². The van der Waals surface area contributed by atoms with Gasteiger partial charge in [-0.05, 0) is 31.7 Å². The van der Waals surface area contributed by atoms with Gasteiger partial charge in [0.15, 0.2) is 5.82 Å². The monoisotopic (exact) mass is 247 g/mol. The topological polar surface area (TPSA) is 71.2 Å². The van der Waals surface area contributed by atoms with Crippen LogP contribution in [0, 0.1) is 0 Å². The number of phenols is 1. The average molecular weight is 247 g/mol. The number of likely N-dealkylation sites (N-methyl/N-ethyl adjacent to an activating group) is 1. The Morgan fingerprint density at radius 1 is 1.33 bits per heavy atom. The van der Waals surface area contributed by atoms with E-state index in [2.05, 4.69) is 22.4 Å². The van der Waals surface area contributed by atoms with E-state index in [1.54, 1.807) is 12.1 Å². The van der Waals surface area contributed by atoms with Crippen molar-refractivity contribution in [3.05, 3.63) is 41.5 Å². The number of hydrogen-bond donors (Lipinski definition) is 2. The van der Waals surface area contributed by atoms with Crippen LogP contribution in [0.5, 0.6) is 5.75 Å². The molecule has 96 valence electrons. The quantitative estimate of drug-likeness (QED) is 0.838. The van der Waals surface area contributed by atoms with E-state index in [9.17, 15) is 5.11 Å². The summed E-state index contributed by atoms with van der Waals surface area (Å²) in [6, 6.07) is 7.31. The van der Waals surface area contributed by atoms with Crippen LogP contribution in [0.4, 0.5) is 0 Å². The van der Waals surface area contributed by atoms with E-state index in [4.69, 9.17) is 4.52 Å². The summed E-state index contributed by atoms with van der Waals surface area (Å²) >= 11 is 0. The predicted molar refractivity (Wildman–Crippen MR) is 67.4 cm³/mol. The first-order valence-corrected chi connectivity index (χ1v) is 5.94. The highest BCUT2D eigenvalue weighted by Crippen LogP contribution is 2.13. The number of hydrogen-bond acceptors (Lipinski definition) is 5. The zero-order valence-electron chi connectivity index (χ0n) is 10.6. The number of benzene rings is 1. The Morgan fingerprint density at radius 3 is 2.72 bits per heavy atom. The molecule has 2 rings (SSSR count). The van der Waals surface area contributed by atoms with Crippen molar-refractivity contribution in [2.75, 3.05) is 7.05 Å². The van der Waals surface area contributed by atoms with Crippen LogP contribution in [0.2, 0.25) is 0 Å². The third kappa shape index (κ3) is 3.30. The van der Waals surface area contributed by atoms with Gasteiger partial charge in [-0.1, -0.05) is 17.3 Å². The molecule has 0 saturated carbocycles. The van der Waals surface area contributed by atoms with Crippen molar-refractivity contribution < 1.29 is 9.63 Å². The minimum absolute atomic E-state index is 0.257. The first-order chi connectivity index (χ1) is 8.67. The number of nitrogens with one attached hydrogen (secondary N) is 1. The number of aromatic nitrogens is 2. The standard InChI is InChI=1S/C13H17N3O2/c1-9(14-2)7-12-15-13(18-16-12)8-10-3-5-11(17)6-4-10/h3-6,9,14,17H,7-8H2,1-2H3. The van der Waals surface area contributed by atoms with Crippen LogP contribution in [-0.4, -0.2) is 28.3 Å². The lowest BCUT2D eigenvalue weighted by molar-refractivity contribution is 0.377. The molecule has 5 nitrogen and oxygen atoms in total. The van der Waals surface area contributed by atoms with Gasteiger partial charge in [0.05, 0.1) is 6.42 Å². The Morgan fingerprint density at radius 2 is 2.06 bits per heavy atom. The molecule has 0 radical (unpaired) electrons. The maximum Gasteiger partial charge on any atom is 0.231 e. The summed E-state index contributed by atoms with van der Waals surface area (Å²) in [4.78, 5) is 4.34. The van der Waals surface area contributed by atoms with Crippen LogP contribution in [0.25, 0.3) is 0 Å². The van der Waals surface area contributed by atoms with E-state index in [0.29, 0.717) is 24.2 Å². The van der Waals surface area contributed by atoms with Crippen LogP contribution >= 0.6 is 0 Å². The van der Waals surface area contributed by atoms with Gasteiger partial charge >= 0.3 is 0 Å². The van der Waals surface area contributed by atoms with Crippen molar-refractivity contribution in [3.8, 4) is 5.75 Å². The Labute approximate surface area is 106 Å². The molecule has 18 heavy (non-hydrogen) atoms. The van der Waals surface area contributed by atoms with Crippen molar-refractivity contribution in [1.82, 2.24) is 15.5 Å². The molecular weight excluding hydrogens is 230 g/mol. The normalized spacial score (nSPS) is 12.6. The fourth-order valence-corrected chi connectivity index (χ4v) is 1.61. The highest BCUT2D eigenvalue weighted by atomic mass is 16.5. The first-order valence-electron chi connectivity index (χ1n) is 5.94. The van der Waals surface area contributed by atoms with Gasteiger partial charge in [-0.2, -0.15) is 4.98 Å². The van der Waals surface area contributed by atoms with Crippen molar-refractivity contribution in [2.24, 2.45) is 0 Å². The Balaban J connectivity index is 2.00. The van der Waals surface area contributed by atoms with Crippen LogP contribution in [0.3, 0.4) is 0 Å². The van der Waals surface area contributed by atoms with Gasteiger partial charge in [-0.25, -0.2) is 0 Å². The summed E-state index contributed by atoms with van der Waals surface area (Å²) in [6.07, 6.45) is 1.33.